The van der Waals surface area contributed by atoms with Gasteiger partial charge in [-0.2, -0.15) is 9.29 Å². The number of nitrogen functional groups attached to an aromatic ring is 1. The van der Waals surface area contributed by atoms with E-state index in [0.29, 0.717) is 32.1 Å². The molecule has 0 saturated carbocycles. The van der Waals surface area contributed by atoms with Crippen molar-refractivity contribution in [3.8, 4) is 0 Å². The van der Waals surface area contributed by atoms with Gasteiger partial charge in [0.25, 0.3) is 0 Å². The van der Waals surface area contributed by atoms with Crippen molar-refractivity contribution >= 4 is 33.4 Å². The topological polar surface area (TPSA) is 286 Å². The summed E-state index contributed by atoms with van der Waals surface area (Å²) in [5.74, 6) is -1.42. The number of nitrogens with zero attached hydrogens (tertiary/aromatic N) is 2. The number of ether oxygens (including phenoxy) is 3. The summed E-state index contributed by atoms with van der Waals surface area (Å²) in [6.45, 7) is 1.97. The summed E-state index contributed by atoms with van der Waals surface area (Å²) >= 11 is 0. The van der Waals surface area contributed by atoms with Gasteiger partial charge in [-0.3, -0.25) is 23.2 Å². The maximum Gasteiger partial charge on any atom is 0.481 e. The Kier molecular flexibility index (Phi) is 34.1. The van der Waals surface area contributed by atoms with Crippen LogP contribution in [0.5, 0.6) is 0 Å². The third-order valence-electron chi connectivity index (χ3n) is 11.2. The quantitative estimate of drug-likeness (QED) is 0.0117. The van der Waals surface area contributed by atoms with E-state index in [9.17, 15) is 48.6 Å². The van der Waals surface area contributed by atoms with Crippen molar-refractivity contribution in [3.63, 3.8) is 0 Å². The number of phosphoric ester groups is 2. The maximum absolute atomic E-state index is 12.9. The molecule has 1 aromatic heterocycles. The average Bonchev–Trinajstić information content (AvgIpc) is 3.60. The zero-order valence-corrected chi connectivity index (χ0v) is 43.7. The van der Waals surface area contributed by atoms with Gasteiger partial charge in [0.2, 0.25) is 0 Å². The first-order valence-electron chi connectivity index (χ1n) is 25.4. The minimum absolute atomic E-state index is 0.0144. The Hall–Kier alpha value is -3.58. The number of esters is 2. The molecule has 2 unspecified atom stereocenters. The first-order chi connectivity index (χ1) is 34.1. The van der Waals surface area contributed by atoms with Crippen LogP contribution in [0.2, 0.25) is 0 Å². The van der Waals surface area contributed by atoms with Crippen LogP contribution >= 0.6 is 15.6 Å². The number of aliphatic hydroxyl groups is 3. The molecule has 1 aromatic rings. The highest BCUT2D eigenvalue weighted by molar-refractivity contribution is 7.61. The number of phosphoric acid groups is 2. The van der Waals surface area contributed by atoms with Crippen LogP contribution in [-0.4, -0.2) is 96.9 Å². The van der Waals surface area contributed by atoms with E-state index in [1.165, 1.54) is 44.6 Å². The van der Waals surface area contributed by atoms with Crippen molar-refractivity contribution in [1.82, 2.24) is 9.55 Å². The Morgan fingerprint density at radius 1 is 0.746 bits per heavy atom. The van der Waals surface area contributed by atoms with Crippen LogP contribution in [0.3, 0.4) is 0 Å². The van der Waals surface area contributed by atoms with Gasteiger partial charge in [0, 0.05) is 19.0 Å². The lowest BCUT2D eigenvalue weighted by Gasteiger charge is -2.21. The molecule has 71 heavy (non-hydrogen) atoms. The zero-order chi connectivity index (χ0) is 52.2. The molecule has 19 nitrogen and oxygen atoms in total. The molecule has 404 valence electrons. The first-order valence-corrected chi connectivity index (χ1v) is 28.4. The van der Waals surface area contributed by atoms with Gasteiger partial charge < -0.3 is 45.1 Å². The smallest absolute Gasteiger partial charge is 0.462 e. The van der Waals surface area contributed by atoms with Crippen molar-refractivity contribution in [1.29, 1.82) is 0 Å². The van der Waals surface area contributed by atoms with Crippen molar-refractivity contribution in [2.45, 2.75) is 198 Å². The van der Waals surface area contributed by atoms with Gasteiger partial charge in [-0.15, -0.1) is 0 Å². The molecule has 0 bridgehead atoms. The predicted octanol–water partition coefficient (Wildman–Crippen LogP) is 9.30. The van der Waals surface area contributed by atoms with Crippen LogP contribution in [-0.2, 0) is 46.3 Å². The number of anilines is 1. The van der Waals surface area contributed by atoms with Crippen LogP contribution in [0.1, 0.15) is 168 Å². The number of aliphatic hydroxyl groups excluding tert-OH is 3. The minimum atomic E-state index is -5.45. The van der Waals surface area contributed by atoms with E-state index in [1.54, 1.807) is 6.08 Å². The Morgan fingerprint density at radius 3 is 2.03 bits per heavy atom. The highest BCUT2D eigenvalue weighted by Gasteiger charge is 2.46. The summed E-state index contributed by atoms with van der Waals surface area (Å²) in [5, 5.41) is 31.0. The van der Waals surface area contributed by atoms with Crippen LogP contribution in [0.25, 0.3) is 0 Å². The van der Waals surface area contributed by atoms with Crippen LogP contribution < -0.4 is 11.4 Å². The second kappa shape index (κ2) is 38.1. The molecule has 1 aliphatic rings. The van der Waals surface area contributed by atoms with Gasteiger partial charge in [-0.1, -0.05) is 139 Å². The summed E-state index contributed by atoms with van der Waals surface area (Å²) in [6, 6.07) is 1.24. The Bertz CT molecular complexity index is 1940. The van der Waals surface area contributed by atoms with Gasteiger partial charge in [0.05, 0.1) is 19.3 Å². The Balaban J connectivity index is 1.84. The molecule has 0 aromatic carbocycles. The van der Waals surface area contributed by atoms with Crippen molar-refractivity contribution in [2.24, 2.45) is 0 Å². The number of aromatic nitrogens is 2. The van der Waals surface area contributed by atoms with Crippen LogP contribution in [0.4, 0.5) is 5.82 Å². The van der Waals surface area contributed by atoms with Crippen molar-refractivity contribution in [2.75, 3.05) is 25.6 Å². The fourth-order valence-electron chi connectivity index (χ4n) is 7.14. The fraction of sp³-hybridized carbons (Fsp3) is 0.680. The normalized spacial score (nSPS) is 20.1. The van der Waals surface area contributed by atoms with E-state index in [4.69, 9.17) is 29.0 Å². The minimum Gasteiger partial charge on any atom is -0.462 e. The van der Waals surface area contributed by atoms with E-state index in [-0.39, 0.29) is 18.7 Å². The van der Waals surface area contributed by atoms with E-state index in [0.717, 1.165) is 75.0 Å². The molecule has 0 amide bonds. The number of unbranched alkanes of at least 4 members (excludes halogenated alkanes) is 15. The second-order valence-corrected chi connectivity index (χ2v) is 20.6. The Morgan fingerprint density at radius 2 is 1.32 bits per heavy atom. The number of hydrogen-bond donors (Lipinski definition) is 6. The molecule has 0 spiro atoms. The Labute approximate surface area is 420 Å². The molecule has 0 aliphatic carbocycles. The zero-order valence-electron chi connectivity index (χ0n) is 41.9. The lowest BCUT2D eigenvalue weighted by atomic mass is 10.1. The van der Waals surface area contributed by atoms with Crippen LogP contribution in [0, 0.1) is 0 Å². The summed E-state index contributed by atoms with van der Waals surface area (Å²) in [5.41, 5.74) is 4.58. The molecule has 1 saturated heterocycles. The molecule has 0 radical (unpaired) electrons. The molecule has 1 fully saturated rings. The summed E-state index contributed by atoms with van der Waals surface area (Å²) in [6.07, 6.45) is 33.3. The second-order valence-electron chi connectivity index (χ2n) is 17.5. The highest BCUT2D eigenvalue weighted by atomic mass is 31.3. The number of nitrogens with two attached hydrogens (primary N) is 1. The lowest BCUT2D eigenvalue weighted by Crippen LogP contribution is -2.36. The maximum atomic E-state index is 12.9. The SMILES string of the molecule is CCCCC/C=C\C=C/[C@@H](O)C/C=C\C/C=C/CCCC(=O)OC[C@H](COP(=O)(O)OP(=O)(O)OC[C@H]1O[C@@H](n2ccc(N)nc2=O)[C@H](O)[C@@H]1O)OC(=O)CCCCCCCCC/C=C\CCCCCC. The third kappa shape index (κ3) is 30.9. The predicted molar refractivity (Wildman–Crippen MR) is 272 cm³/mol. The molecule has 1 aliphatic heterocycles. The van der Waals surface area contributed by atoms with E-state index in [1.807, 2.05) is 36.5 Å². The van der Waals surface area contributed by atoms with Gasteiger partial charge >= 0.3 is 33.3 Å². The molecule has 7 N–H and O–H groups in total. The summed E-state index contributed by atoms with van der Waals surface area (Å²) < 4.78 is 56.7. The number of rotatable bonds is 41. The van der Waals surface area contributed by atoms with E-state index in [2.05, 4.69) is 41.4 Å². The molecule has 2 rings (SSSR count). The summed E-state index contributed by atoms with van der Waals surface area (Å²) in [7, 11) is -10.9. The fourth-order valence-corrected chi connectivity index (χ4v) is 9.25. The summed E-state index contributed by atoms with van der Waals surface area (Å²) in [4.78, 5) is 61.9. The highest BCUT2D eigenvalue weighted by Crippen LogP contribution is 2.60. The van der Waals surface area contributed by atoms with Crippen molar-refractivity contribution in [3.05, 3.63) is 83.5 Å². The van der Waals surface area contributed by atoms with Gasteiger partial charge in [-0.25, -0.2) is 13.9 Å². The monoisotopic (exact) mass is 1040 g/mol. The molecular weight excluding hydrogens is 961 g/mol. The molecule has 2 heterocycles. The van der Waals surface area contributed by atoms with Crippen molar-refractivity contribution < 1.29 is 71.4 Å². The standard InChI is InChI=1S/C50H83N3O16P2/c1-3-5-7-9-11-12-13-14-15-16-17-18-22-27-31-35-46(56)67-42(38-64-45(55)34-30-26-23-19-21-25-29-33-41(54)32-28-24-20-10-8-6-4-2)39-65-70(60,61)69-71(62,63)66-40-43-47(57)48(58)49(68-43)53-37-36-44(51)52-50(53)59/h12-13,19-20,23-25,28-29,32,36-37,41-43,47-49,54,57-58H,3-11,14-18,21-22,26-27,30-31,33-35,38-40H2,1-2H3,(H,60,61)(H,62,63)(H2,51,52,59)/b13-12-,23-19+,24-20-,29-25-,32-28-/t41-,42-,43-,47-,48-,49-/m1/s1. The molecule has 21 heteroatoms. The first kappa shape index (κ1) is 63.5. The van der Waals surface area contributed by atoms with E-state index < -0.39 is 89.8 Å². The number of hydrogen-bond acceptors (Lipinski definition) is 16. The van der Waals surface area contributed by atoms with Gasteiger partial charge in [0.1, 0.15) is 30.7 Å². The van der Waals surface area contributed by atoms with E-state index >= 15 is 0 Å². The van der Waals surface area contributed by atoms with Crippen LogP contribution in [0.15, 0.2) is 77.8 Å². The third-order valence-corrected chi connectivity index (χ3v) is 13.8. The molecule has 8 atom stereocenters. The largest absolute Gasteiger partial charge is 0.481 e. The average molecular weight is 1040 g/mol. The van der Waals surface area contributed by atoms with Gasteiger partial charge in [0.15, 0.2) is 12.3 Å². The number of allylic oxidation sites excluding steroid dienone is 8. The number of carbonyl (C=O) groups is 2. The molecular formula is C50H83N3O16P2. The lowest BCUT2D eigenvalue weighted by molar-refractivity contribution is -0.161. The number of carbonyl (C=O) groups excluding carboxylic acids is 2. The van der Waals surface area contributed by atoms with Gasteiger partial charge in [-0.05, 0) is 76.7 Å².